The Labute approximate surface area is 150 Å². The predicted octanol–water partition coefficient (Wildman–Crippen LogP) is 5.69. The van der Waals surface area contributed by atoms with Gasteiger partial charge in [-0.15, -0.1) is 0 Å². The van der Waals surface area contributed by atoms with Crippen molar-refractivity contribution >= 4 is 17.2 Å². The highest BCUT2D eigenvalue weighted by Crippen LogP contribution is 2.30. The Kier molecular flexibility index (Phi) is 5.49. The number of rotatable bonds is 3. The standard InChI is InChI=1S/C23H25NO/c1-17-11-13-21(14-12-17)24-23(25)16-18(2)15-20-9-4-3-7-19-8-5-6-10-22(19)20/h5-6,8,10-16H,3-4,7,9H2,1-2H3,(H,24,25)/b18-16-,20-15+. The lowest BCUT2D eigenvalue weighted by molar-refractivity contribution is -0.111. The van der Waals surface area contributed by atoms with Crippen LogP contribution in [0.25, 0.3) is 5.57 Å². The minimum Gasteiger partial charge on any atom is -0.323 e. The third-order valence-corrected chi connectivity index (χ3v) is 4.59. The first kappa shape index (κ1) is 17.2. The number of allylic oxidation sites excluding steroid dienone is 3. The van der Waals surface area contributed by atoms with Gasteiger partial charge in [0.15, 0.2) is 0 Å². The summed E-state index contributed by atoms with van der Waals surface area (Å²) in [5, 5.41) is 2.92. The predicted molar refractivity (Wildman–Crippen MR) is 106 cm³/mol. The number of hydrogen-bond donors (Lipinski definition) is 1. The number of anilines is 1. The summed E-state index contributed by atoms with van der Waals surface area (Å²) in [7, 11) is 0. The largest absolute Gasteiger partial charge is 0.323 e. The van der Waals surface area contributed by atoms with Gasteiger partial charge in [-0.1, -0.05) is 48.0 Å². The van der Waals surface area contributed by atoms with Crippen molar-refractivity contribution in [3.63, 3.8) is 0 Å². The third kappa shape index (κ3) is 4.69. The zero-order valence-corrected chi connectivity index (χ0v) is 15.0. The van der Waals surface area contributed by atoms with Crippen LogP contribution in [0, 0.1) is 6.92 Å². The molecular weight excluding hydrogens is 306 g/mol. The van der Waals surface area contributed by atoms with E-state index in [1.165, 1.54) is 35.1 Å². The van der Waals surface area contributed by atoms with Gasteiger partial charge in [0.2, 0.25) is 5.91 Å². The van der Waals surface area contributed by atoms with Crippen LogP contribution in [0.1, 0.15) is 42.9 Å². The molecule has 0 spiro atoms. The van der Waals surface area contributed by atoms with Gasteiger partial charge in [-0.3, -0.25) is 4.79 Å². The third-order valence-electron chi connectivity index (χ3n) is 4.59. The average Bonchev–Trinajstić information content (AvgIpc) is 2.79. The zero-order chi connectivity index (χ0) is 17.6. The fraction of sp³-hybridized carbons (Fsp3) is 0.261. The van der Waals surface area contributed by atoms with E-state index in [0.29, 0.717) is 0 Å². The van der Waals surface area contributed by atoms with Gasteiger partial charge >= 0.3 is 0 Å². The van der Waals surface area contributed by atoms with Gasteiger partial charge in [0.05, 0.1) is 0 Å². The molecule has 2 heteroatoms. The molecule has 0 aliphatic heterocycles. The SMILES string of the molecule is CC(=C/C(=O)Nc1ccc(C)cc1)/C=C1\CCCCc2ccccc21. The second kappa shape index (κ2) is 7.98. The maximum atomic E-state index is 12.2. The summed E-state index contributed by atoms with van der Waals surface area (Å²) in [5.41, 5.74) is 7.09. The smallest absolute Gasteiger partial charge is 0.248 e. The molecule has 0 radical (unpaired) electrons. The second-order valence-corrected chi connectivity index (χ2v) is 6.78. The molecule has 2 nitrogen and oxygen atoms in total. The number of aryl methyl sites for hydroxylation is 2. The quantitative estimate of drug-likeness (QED) is 0.568. The molecule has 1 aliphatic rings. The van der Waals surface area contributed by atoms with Crippen LogP contribution in [0.5, 0.6) is 0 Å². The van der Waals surface area contributed by atoms with Crippen LogP contribution < -0.4 is 5.32 Å². The highest BCUT2D eigenvalue weighted by atomic mass is 16.1. The van der Waals surface area contributed by atoms with E-state index in [1.807, 2.05) is 38.1 Å². The van der Waals surface area contributed by atoms with Crippen molar-refractivity contribution in [2.75, 3.05) is 5.32 Å². The highest BCUT2D eigenvalue weighted by Gasteiger charge is 2.11. The van der Waals surface area contributed by atoms with Crippen LogP contribution >= 0.6 is 0 Å². The first-order valence-electron chi connectivity index (χ1n) is 8.96. The van der Waals surface area contributed by atoms with Crippen LogP contribution in [0.2, 0.25) is 0 Å². The molecule has 0 unspecified atom stereocenters. The van der Waals surface area contributed by atoms with Gasteiger partial charge in [0, 0.05) is 11.8 Å². The lowest BCUT2D eigenvalue weighted by Crippen LogP contribution is -2.08. The molecule has 1 amide bonds. The van der Waals surface area contributed by atoms with Gasteiger partial charge in [0.1, 0.15) is 0 Å². The summed E-state index contributed by atoms with van der Waals surface area (Å²) in [6.07, 6.45) is 8.49. The monoisotopic (exact) mass is 331 g/mol. The maximum Gasteiger partial charge on any atom is 0.248 e. The molecule has 1 N–H and O–H groups in total. The molecule has 128 valence electrons. The zero-order valence-electron chi connectivity index (χ0n) is 15.0. The second-order valence-electron chi connectivity index (χ2n) is 6.78. The van der Waals surface area contributed by atoms with Crippen molar-refractivity contribution in [3.05, 3.63) is 82.9 Å². The molecule has 3 rings (SSSR count). The summed E-state index contributed by atoms with van der Waals surface area (Å²) in [6.45, 7) is 4.03. The normalized spacial score (nSPS) is 16.2. The molecule has 0 fully saturated rings. The highest BCUT2D eigenvalue weighted by molar-refractivity contribution is 6.00. The molecule has 0 saturated carbocycles. The number of nitrogens with one attached hydrogen (secondary N) is 1. The number of amides is 1. The van der Waals surface area contributed by atoms with Gasteiger partial charge in [-0.2, -0.15) is 0 Å². The Hall–Kier alpha value is -2.61. The molecule has 0 saturated heterocycles. The van der Waals surface area contributed by atoms with E-state index in [0.717, 1.165) is 24.1 Å². The van der Waals surface area contributed by atoms with Crippen molar-refractivity contribution in [3.8, 4) is 0 Å². The van der Waals surface area contributed by atoms with Crippen LogP contribution in [0.3, 0.4) is 0 Å². The first-order chi connectivity index (χ1) is 12.1. The molecule has 0 bridgehead atoms. The summed E-state index contributed by atoms with van der Waals surface area (Å²) < 4.78 is 0. The molecular formula is C23H25NO. The van der Waals surface area contributed by atoms with Gasteiger partial charge in [-0.05, 0) is 73.9 Å². The van der Waals surface area contributed by atoms with E-state index < -0.39 is 0 Å². The topological polar surface area (TPSA) is 29.1 Å². The van der Waals surface area contributed by atoms with Crippen molar-refractivity contribution in [1.82, 2.24) is 0 Å². The summed E-state index contributed by atoms with van der Waals surface area (Å²) in [5.74, 6) is -0.0832. The Morgan fingerprint density at radius 3 is 2.52 bits per heavy atom. The fourth-order valence-corrected chi connectivity index (χ4v) is 3.31. The van der Waals surface area contributed by atoms with Gasteiger partial charge in [0.25, 0.3) is 0 Å². The average molecular weight is 331 g/mol. The number of fused-ring (bicyclic) bond motifs is 1. The maximum absolute atomic E-state index is 12.2. The van der Waals surface area contributed by atoms with Crippen LogP contribution in [0.4, 0.5) is 5.69 Å². The molecule has 2 aromatic carbocycles. The van der Waals surface area contributed by atoms with Crippen molar-refractivity contribution in [2.24, 2.45) is 0 Å². The number of carbonyl (C=O) groups excluding carboxylic acids is 1. The van der Waals surface area contributed by atoms with Gasteiger partial charge < -0.3 is 5.32 Å². The molecule has 2 aromatic rings. The van der Waals surface area contributed by atoms with E-state index >= 15 is 0 Å². The van der Waals surface area contributed by atoms with E-state index in [1.54, 1.807) is 6.08 Å². The Balaban J connectivity index is 1.77. The molecule has 0 heterocycles. The lowest BCUT2D eigenvalue weighted by atomic mass is 9.97. The van der Waals surface area contributed by atoms with Gasteiger partial charge in [-0.25, -0.2) is 0 Å². The summed E-state index contributed by atoms with van der Waals surface area (Å²) in [6, 6.07) is 16.5. The van der Waals surface area contributed by atoms with Crippen molar-refractivity contribution in [1.29, 1.82) is 0 Å². The molecule has 1 aliphatic carbocycles. The molecule has 0 aromatic heterocycles. The Bertz CT molecular complexity index is 812. The molecule has 0 atom stereocenters. The van der Waals surface area contributed by atoms with Crippen molar-refractivity contribution in [2.45, 2.75) is 39.5 Å². The first-order valence-corrected chi connectivity index (χ1v) is 8.96. The minimum absolute atomic E-state index is 0.0832. The lowest BCUT2D eigenvalue weighted by Gasteiger charge is -2.09. The Morgan fingerprint density at radius 1 is 1.00 bits per heavy atom. The molecule has 25 heavy (non-hydrogen) atoms. The number of carbonyl (C=O) groups is 1. The van der Waals surface area contributed by atoms with E-state index in [2.05, 4.69) is 35.7 Å². The van der Waals surface area contributed by atoms with Crippen molar-refractivity contribution < 1.29 is 4.79 Å². The fourth-order valence-electron chi connectivity index (χ4n) is 3.31. The van der Waals surface area contributed by atoms with E-state index in [4.69, 9.17) is 0 Å². The Morgan fingerprint density at radius 2 is 1.72 bits per heavy atom. The number of benzene rings is 2. The van der Waals surface area contributed by atoms with Crippen LogP contribution in [-0.4, -0.2) is 5.91 Å². The van der Waals surface area contributed by atoms with Crippen LogP contribution in [0.15, 0.2) is 66.3 Å². The van der Waals surface area contributed by atoms with E-state index in [9.17, 15) is 4.79 Å². The summed E-state index contributed by atoms with van der Waals surface area (Å²) in [4.78, 5) is 12.2. The van der Waals surface area contributed by atoms with E-state index in [-0.39, 0.29) is 5.91 Å². The minimum atomic E-state index is -0.0832. The van der Waals surface area contributed by atoms with Crippen LogP contribution in [-0.2, 0) is 11.2 Å². The number of hydrogen-bond acceptors (Lipinski definition) is 1. The summed E-state index contributed by atoms with van der Waals surface area (Å²) >= 11 is 0.